The van der Waals surface area contributed by atoms with Crippen molar-refractivity contribution in [3.63, 3.8) is 0 Å². The number of aliphatic hydroxyl groups is 1. The molecule has 7 nitrogen and oxygen atoms in total. The molecule has 2 aliphatic rings. The molecule has 0 aliphatic carbocycles. The van der Waals surface area contributed by atoms with Crippen molar-refractivity contribution in [2.45, 2.75) is 56.7 Å². The minimum absolute atomic E-state index is 0.0883. The number of amides is 1. The number of β-amino-alcohol motifs (C(OH)–C–C–N with tert-alkyl or cyclic N) is 1. The van der Waals surface area contributed by atoms with Crippen molar-refractivity contribution in [3.05, 3.63) is 52.2 Å². The largest absolute Gasteiger partial charge is 0.389 e. The van der Waals surface area contributed by atoms with Gasteiger partial charge >= 0.3 is 0 Å². The van der Waals surface area contributed by atoms with Crippen molar-refractivity contribution in [1.29, 1.82) is 0 Å². The smallest absolute Gasteiger partial charge is 0.222 e. The highest BCUT2D eigenvalue weighted by atomic mass is 32.1. The van der Waals surface area contributed by atoms with Gasteiger partial charge in [0.25, 0.3) is 0 Å². The van der Waals surface area contributed by atoms with Gasteiger partial charge in [-0.15, -0.1) is 11.3 Å². The number of rotatable bonds is 6. The van der Waals surface area contributed by atoms with E-state index < -0.39 is 6.10 Å². The van der Waals surface area contributed by atoms with E-state index in [2.05, 4.69) is 15.2 Å². The molecule has 3 heterocycles. The molecule has 2 aliphatic heterocycles. The van der Waals surface area contributed by atoms with Crippen molar-refractivity contribution in [1.82, 2.24) is 15.2 Å². The number of thiazole rings is 1. The van der Waals surface area contributed by atoms with Gasteiger partial charge in [-0.25, -0.2) is 9.37 Å². The van der Waals surface area contributed by atoms with E-state index in [1.165, 1.54) is 12.1 Å². The van der Waals surface area contributed by atoms with Crippen LogP contribution in [0.2, 0.25) is 0 Å². The Labute approximate surface area is 185 Å². The third-order valence-corrected chi connectivity index (χ3v) is 6.49. The van der Waals surface area contributed by atoms with Crippen LogP contribution in [0, 0.1) is 5.82 Å². The lowest BCUT2D eigenvalue weighted by Crippen LogP contribution is -2.55. The van der Waals surface area contributed by atoms with Crippen LogP contribution in [-0.2, 0) is 27.4 Å². The zero-order chi connectivity index (χ0) is 21.6. The quantitative estimate of drug-likeness (QED) is 0.703. The summed E-state index contributed by atoms with van der Waals surface area (Å²) in [6.07, 6.45) is 2.81. The summed E-state index contributed by atoms with van der Waals surface area (Å²) >= 11 is 1.60. The van der Waals surface area contributed by atoms with E-state index in [1.54, 1.807) is 29.7 Å². The van der Waals surface area contributed by atoms with E-state index >= 15 is 0 Å². The fourth-order valence-corrected chi connectivity index (χ4v) is 4.86. The summed E-state index contributed by atoms with van der Waals surface area (Å²) in [7, 11) is 0. The molecule has 4 rings (SSSR count). The Morgan fingerprint density at radius 2 is 2.13 bits per heavy atom. The Kier molecular flexibility index (Phi) is 7.62. The van der Waals surface area contributed by atoms with Crippen LogP contribution in [0.4, 0.5) is 4.39 Å². The fraction of sp³-hybridized carbons (Fsp3) is 0.545. The van der Waals surface area contributed by atoms with E-state index in [-0.39, 0.29) is 43.0 Å². The van der Waals surface area contributed by atoms with Crippen molar-refractivity contribution >= 4 is 17.2 Å². The van der Waals surface area contributed by atoms with Crippen LogP contribution in [0.5, 0.6) is 0 Å². The molecule has 0 radical (unpaired) electrons. The predicted octanol–water partition coefficient (Wildman–Crippen LogP) is 2.10. The summed E-state index contributed by atoms with van der Waals surface area (Å²) in [5.41, 5.74) is 0.851. The van der Waals surface area contributed by atoms with Gasteiger partial charge in [0, 0.05) is 30.7 Å². The number of benzene rings is 1. The maximum Gasteiger partial charge on any atom is 0.222 e. The van der Waals surface area contributed by atoms with Gasteiger partial charge in [0.05, 0.1) is 44.5 Å². The highest BCUT2D eigenvalue weighted by molar-refractivity contribution is 7.09. The Balaban J connectivity index is 1.31. The van der Waals surface area contributed by atoms with Crippen LogP contribution in [0.15, 0.2) is 35.8 Å². The normalized spacial score (nSPS) is 27.2. The zero-order valence-electron chi connectivity index (χ0n) is 17.3. The molecule has 1 aromatic heterocycles. The van der Waals surface area contributed by atoms with Gasteiger partial charge in [-0.05, 0) is 30.5 Å². The lowest BCUT2D eigenvalue weighted by Gasteiger charge is -2.44. The van der Waals surface area contributed by atoms with Crippen molar-refractivity contribution in [3.8, 4) is 0 Å². The molecule has 31 heavy (non-hydrogen) atoms. The van der Waals surface area contributed by atoms with E-state index in [9.17, 15) is 14.3 Å². The first-order valence-electron chi connectivity index (χ1n) is 10.6. The minimum atomic E-state index is -0.545. The van der Waals surface area contributed by atoms with Gasteiger partial charge in [0.1, 0.15) is 10.8 Å². The van der Waals surface area contributed by atoms with Crippen LogP contribution in [0.3, 0.4) is 0 Å². The molecule has 0 bridgehead atoms. The van der Waals surface area contributed by atoms with Gasteiger partial charge in [-0.2, -0.15) is 0 Å². The number of aliphatic hydroxyl groups excluding tert-OH is 1. The topological polar surface area (TPSA) is 83.9 Å². The second kappa shape index (κ2) is 10.6. The molecular formula is C22H28FN3O4S. The van der Waals surface area contributed by atoms with E-state index in [0.717, 1.165) is 23.4 Å². The molecule has 0 unspecified atom stereocenters. The minimum Gasteiger partial charge on any atom is -0.389 e. The molecule has 1 amide bonds. The van der Waals surface area contributed by atoms with Gasteiger partial charge in [0.15, 0.2) is 0 Å². The second-order valence-corrected chi connectivity index (χ2v) is 9.07. The first kappa shape index (κ1) is 22.3. The lowest BCUT2D eigenvalue weighted by molar-refractivity contribution is -0.158. The summed E-state index contributed by atoms with van der Waals surface area (Å²) < 4.78 is 24.9. The lowest BCUT2D eigenvalue weighted by atomic mass is 9.94. The number of carbonyl (C=O) groups is 1. The van der Waals surface area contributed by atoms with E-state index in [4.69, 9.17) is 9.47 Å². The van der Waals surface area contributed by atoms with Crippen molar-refractivity contribution in [2.24, 2.45) is 0 Å². The number of carbonyl (C=O) groups excluding carboxylic acids is 1. The third kappa shape index (κ3) is 6.30. The number of fused-ring (bicyclic) bond motifs is 1. The Hall–Kier alpha value is -1.91. The molecule has 1 aromatic carbocycles. The van der Waals surface area contributed by atoms with Gasteiger partial charge in [-0.1, -0.05) is 12.1 Å². The highest BCUT2D eigenvalue weighted by Crippen LogP contribution is 2.29. The van der Waals surface area contributed by atoms with Gasteiger partial charge in [0.2, 0.25) is 5.91 Å². The molecule has 2 fully saturated rings. The number of nitrogens with one attached hydrogen (secondary N) is 1. The molecular weight excluding hydrogens is 421 g/mol. The summed E-state index contributed by atoms with van der Waals surface area (Å²) in [6, 6.07) is 6.20. The van der Waals surface area contributed by atoms with Crippen molar-refractivity contribution in [2.75, 3.05) is 19.8 Å². The maximum absolute atomic E-state index is 13.0. The maximum atomic E-state index is 13.0. The summed E-state index contributed by atoms with van der Waals surface area (Å²) in [5, 5.41) is 16.1. The summed E-state index contributed by atoms with van der Waals surface area (Å²) in [5.74, 6) is -0.382. The molecule has 168 valence electrons. The first-order chi connectivity index (χ1) is 15.1. The number of hydrogen-bond donors (Lipinski definition) is 2. The Morgan fingerprint density at radius 3 is 2.90 bits per heavy atom. The molecule has 2 saturated heterocycles. The highest BCUT2D eigenvalue weighted by Gasteiger charge is 2.38. The predicted molar refractivity (Wildman–Crippen MR) is 114 cm³/mol. The van der Waals surface area contributed by atoms with Gasteiger partial charge in [-0.3, -0.25) is 9.69 Å². The SMILES string of the molecule is O=C(C[C@H]1CC[C@@H]2[C@H](COC[C@@H](O)CN2Cc2nccs2)O1)NCc1ccc(F)cc1. The number of hydrogen-bond acceptors (Lipinski definition) is 7. The number of ether oxygens (including phenoxy) is 2. The number of halogens is 1. The van der Waals surface area contributed by atoms with Gasteiger partial charge < -0.3 is 19.9 Å². The third-order valence-electron chi connectivity index (χ3n) is 5.73. The van der Waals surface area contributed by atoms with Crippen LogP contribution in [-0.4, -0.2) is 65.0 Å². The van der Waals surface area contributed by atoms with E-state index in [1.807, 2.05) is 5.38 Å². The van der Waals surface area contributed by atoms with Crippen LogP contribution >= 0.6 is 11.3 Å². The molecule has 0 saturated carbocycles. The average Bonchev–Trinajstić information content (AvgIpc) is 3.25. The second-order valence-electron chi connectivity index (χ2n) is 8.10. The van der Waals surface area contributed by atoms with Crippen LogP contribution in [0.1, 0.15) is 29.8 Å². The van der Waals surface area contributed by atoms with Crippen LogP contribution < -0.4 is 5.32 Å². The molecule has 4 atom stereocenters. The number of aromatic nitrogens is 1. The van der Waals surface area contributed by atoms with Crippen LogP contribution in [0.25, 0.3) is 0 Å². The standard InChI is InChI=1S/C22H28FN3O4S/c23-16-3-1-15(2-4-16)10-25-21(28)9-18-5-6-19-20(30-18)14-29-13-17(27)11-26(19)12-22-24-7-8-31-22/h1-4,7-8,17-20,27H,5-6,9-14H2,(H,25,28)/t17-,18+,19+,20-/m0/s1. The Bertz CT molecular complexity index is 836. The van der Waals surface area contributed by atoms with E-state index in [0.29, 0.717) is 26.2 Å². The molecule has 0 spiro atoms. The molecule has 9 heteroatoms. The molecule has 2 aromatic rings. The fourth-order valence-electron chi connectivity index (χ4n) is 4.21. The average molecular weight is 450 g/mol. The first-order valence-corrected chi connectivity index (χ1v) is 11.5. The zero-order valence-corrected chi connectivity index (χ0v) is 18.1. The summed E-state index contributed by atoms with van der Waals surface area (Å²) in [6.45, 7) is 2.20. The monoisotopic (exact) mass is 449 g/mol. The molecule has 2 N–H and O–H groups in total. The number of nitrogens with zero attached hydrogens (tertiary/aromatic N) is 2. The summed E-state index contributed by atoms with van der Waals surface area (Å²) in [4.78, 5) is 19.0. The van der Waals surface area contributed by atoms with Crippen molar-refractivity contribution < 1.29 is 23.8 Å². The Morgan fingerprint density at radius 1 is 1.29 bits per heavy atom.